The van der Waals surface area contributed by atoms with Gasteiger partial charge in [0.05, 0.1) is 40.3 Å². The van der Waals surface area contributed by atoms with Crippen LogP contribution in [0, 0.1) is 11.6 Å². The number of carbonyl (C=O) groups is 1. The predicted molar refractivity (Wildman–Crippen MR) is 142 cm³/mol. The molecule has 5 aromatic rings. The first-order valence-corrected chi connectivity index (χ1v) is 12.7. The Hall–Kier alpha value is -4.66. The van der Waals surface area contributed by atoms with E-state index >= 15 is 0 Å². The van der Waals surface area contributed by atoms with Gasteiger partial charge in [-0.1, -0.05) is 11.6 Å². The summed E-state index contributed by atoms with van der Waals surface area (Å²) in [5.41, 5.74) is -3.12. The fraction of sp³-hybridized carbons (Fsp3) is 0.185. The highest BCUT2D eigenvalue weighted by molar-refractivity contribution is 6.31. The molecule has 2 aromatic heterocycles. The number of carbonyl (C=O) groups excluding carboxylic acids is 1. The number of alkyl halides is 5. The van der Waals surface area contributed by atoms with Crippen LogP contribution < -0.4 is 16.3 Å². The molecule has 1 aliphatic heterocycles. The molecule has 0 aliphatic carbocycles. The highest BCUT2D eigenvalue weighted by Crippen LogP contribution is 2.44. The molecule has 0 unspecified atom stereocenters. The number of aryl methyl sites for hydroxylation is 1. The second-order valence-electron chi connectivity index (χ2n) is 9.69. The largest absolute Gasteiger partial charge is 0.418 e. The van der Waals surface area contributed by atoms with E-state index in [1.165, 1.54) is 19.2 Å². The number of nitrogens with zero attached hydrogens (tertiary/aromatic N) is 4. The molecule has 16 heteroatoms. The molecule has 0 bridgehead atoms. The molecular formula is C27H16ClF7N6O2. The molecule has 0 fully saturated rings. The lowest BCUT2D eigenvalue weighted by atomic mass is 9.95. The summed E-state index contributed by atoms with van der Waals surface area (Å²) >= 11 is 6.34. The fourth-order valence-electron chi connectivity index (χ4n) is 5.37. The topological polar surface area (TPSA) is 93.8 Å². The summed E-state index contributed by atoms with van der Waals surface area (Å²) in [5, 5.41) is 5.08. The van der Waals surface area contributed by atoms with Crippen LogP contribution in [0.15, 0.2) is 47.5 Å². The Morgan fingerprint density at radius 3 is 2.51 bits per heavy atom. The molecule has 6 rings (SSSR count). The standard InChI is InChI=1S/C27H16ClF7N6O2/c1-40-23-17(41(26(40)43)8-18(31)32)7-16(19-20(23)25(42)39-22(19)12-4-10(29)2-3-15(12)28)38-24-13-5-11(30)6-14(27(33,34)35)21(13)36-9-37-24/h2-7,9,18,22H,8H2,1H3,(H,39,42)(H,36,37,38)/t22-/m1/s1. The van der Waals surface area contributed by atoms with Gasteiger partial charge >= 0.3 is 11.9 Å². The number of nitrogens with one attached hydrogen (secondary N) is 2. The van der Waals surface area contributed by atoms with Crippen molar-refractivity contribution in [1.82, 2.24) is 24.4 Å². The maximum absolute atomic E-state index is 14.4. The van der Waals surface area contributed by atoms with Crippen molar-refractivity contribution in [3.8, 4) is 0 Å². The third kappa shape index (κ3) is 4.63. The van der Waals surface area contributed by atoms with E-state index in [0.29, 0.717) is 0 Å². The summed E-state index contributed by atoms with van der Waals surface area (Å²) < 4.78 is 98.6. The monoisotopic (exact) mass is 624 g/mol. The first-order valence-electron chi connectivity index (χ1n) is 12.3. The van der Waals surface area contributed by atoms with Gasteiger partial charge in [0.25, 0.3) is 12.3 Å². The minimum Gasteiger partial charge on any atom is -0.341 e. The first kappa shape index (κ1) is 28.5. The zero-order valence-electron chi connectivity index (χ0n) is 21.5. The second-order valence-corrected chi connectivity index (χ2v) is 10.1. The number of hydrogen-bond acceptors (Lipinski definition) is 5. The molecule has 0 saturated heterocycles. The van der Waals surface area contributed by atoms with E-state index in [9.17, 15) is 40.3 Å². The second kappa shape index (κ2) is 9.97. The number of anilines is 2. The lowest BCUT2D eigenvalue weighted by Gasteiger charge is -2.19. The van der Waals surface area contributed by atoms with Crippen LogP contribution in [-0.2, 0) is 19.8 Å². The Bertz CT molecular complexity index is 2040. The van der Waals surface area contributed by atoms with Crippen molar-refractivity contribution < 1.29 is 35.5 Å². The van der Waals surface area contributed by atoms with E-state index in [2.05, 4.69) is 20.6 Å². The number of fused-ring (bicyclic) bond motifs is 4. The number of hydrogen-bond donors (Lipinski definition) is 2. The fourth-order valence-corrected chi connectivity index (χ4v) is 5.59. The highest BCUT2D eigenvalue weighted by Gasteiger charge is 2.39. The molecule has 3 heterocycles. The van der Waals surface area contributed by atoms with Gasteiger partial charge in [-0.3, -0.25) is 13.9 Å². The van der Waals surface area contributed by atoms with Gasteiger partial charge in [-0.15, -0.1) is 0 Å². The van der Waals surface area contributed by atoms with E-state index < -0.39 is 59.5 Å². The van der Waals surface area contributed by atoms with Crippen molar-refractivity contribution in [1.29, 1.82) is 0 Å². The van der Waals surface area contributed by atoms with Crippen molar-refractivity contribution >= 4 is 50.9 Å². The van der Waals surface area contributed by atoms with Gasteiger partial charge in [-0.05, 0) is 36.4 Å². The summed E-state index contributed by atoms with van der Waals surface area (Å²) in [7, 11) is 1.27. The molecule has 2 N–H and O–H groups in total. The van der Waals surface area contributed by atoms with Gasteiger partial charge in [0.15, 0.2) is 0 Å². The predicted octanol–water partition coefficient (Wildman–Crippen LogP) is 6.08. The number of amides is 1. The summed E-state index contributed by atoms with van der Waals surface area (Å²) in [6.45, 7) is -1.04. The Labute approximate surface area is 240 Å². The summed E-state index contributed by atoms with van der Waals surface area (Å²) in [6.07, 6.45) is -7.14. The SMILES string of the molecule is Cn1c(=O)n(CC(F)F)c2cc(Nc3ncnc4c(C(F)(F)F)cc(F)cc34)c3c(c21)C(=O)N[C@@H]3c1cc(F)ccc1Cl. The maximum atomic E-state index is 14.4. The summed E-state index contributed by atoms with van der Waals surface area (Å²) in [6, 6.07) is 4.50. The summed E-state index contributed by atoms with van der Waals surface area (Å²) in [5.74, 6) is -3.05. The average Bonchev–Trinajstić information content (AvgIpc) is 3.38. The van der Waals surface area contributed by atoms with Crippen LogP contribution >= 0.6 is 11.6 Å². The number of imidazole rings is 1. The van der Waals surface area contributed by atoms with E-state index in [4.69, 9.17) is 11.6 Å². The number of rotatable bonds is 5. The van der Waals surface area contributed by atoms with Crippen LogP contribution in [0.5, 0.6) is 0 Å². The van der Waals surface area contributed by atoms with E-state index in [1.54, 1.807) is 0 Å². The lowest BCUT2D eigenvalue weighted by Crippen LogP contribution is -2.25. The molecule has 0 radical (unpaired) electrons. The number of aromatic nitrogens is 4. The molecular weight excluding hydrogens is 609 g/mol. The molecule has 1 aliphatic rings. The van der Waals surface area contributed by atoms with Crippen LogP contribution in [0.2, 0.25) is 5.02 Å². The normalized spacial score (nSPS) is 15.0. The maximum Gasteiger partial charge on any atom is 0.418 e. The van der Waals surface area contributed by atoms with Crippen LogP contribution in [0.1, 0.15) is 33.1 Å². The molecule has 1 amide bonds. The van der Waals surface area contributed by atoms with Crippen molar-refractivity contribution in [2.75, 3.05) is 5.32 Å². The molecule has 1 atom stereocenters. The van der Waals surface area contributed by atoms with Crippen molar-refractivity contribution in [2.24, 2.45) is 7.05 Å². The van der Waals surface area contributed by atoms with Gasteiger partial charge in [0.1, 0.15) is 23.8 Å². The Morgan fingerprint density at radius 2 is 1.81 bits per heavy atom. The van der Waals surface area contributed by atoms with Crippen molar-refractivity contribution in [3.63, 3.8) is 0 Å². The van der Waals surface area contributed by atoms with Gasteiger partial charge < -0.3 is 10.6 Å². The molecule has 222 valence electrons. The smallest absolute Gasteiger partial charge is 0.341 e. The van der Waals surface area contributed by atoms with Gasteiger partial charge in [-0.2, -0.15) is 13.2 Å². The highest BCUT2D eigenvalue weighted by atomic mass is 35.5. The molecule has 43 heavy (non-hydrogen) atoms. The van der Waals surface area contributed by atoms with Gasteiger partial charge in [0, 0.05) is 34.3 Å². The van der Waals surface area contributed by atoms with E-state index in [-0.39, 0.29) is 55.7 Å². The summed E-state index contributed by atoms with van der Waals surface area (Å²) in [4.78, 5) is 34.1. The van der Waals surface area contributed by atoms with Gasteiger partial charge in [-0.25, -0.2) is 32.3 Å². The molecule has 0 saturated carbocycles. The Kier molecular flexibility index (Phi) is 6.60. The first-order chi connectivity index (χ1) is 20.3. The van der Waals surface area contributed by atoms with Crippen LogP contribution in [0.3, 0.4) is 0 Å². The quantitative estimate of drug-likeness (QED) is 0.232. The minimum atomic E-state index is -4.98. The number of benzene rings is 3. The van der Waals surface area contributed by atoms with Gasteiger partial charge in [0.2, 0.25) is 0 Å². The zero-order valence-corrected chi connectivity index (χ0v) is 22.3. The third-order valence-corrected chi connectivity index (χ3v) is 7.45. The Morgan fingerprint density at radius 1 is 1.07 bits per heavy atom. The van der Waals surface area contributed by atoms with E-state index in [1.807, 2.05) is 0 Å². The Balaban J connectivity index is 1.67. The third-order valence-electron chi connectivity index (χ3n) is 7.11. The van der Waals surface area contributed by atoms with Crippen molar-refractivity contribution in [3.05, 3.63) is 92.1 Å². The molecule has 0 spiro atoms. The van der Waals surface area contributed by atoms with Crippen LogP contribution in [0.4, 0.5) is 42.2 Å². The molecule has 8 nitrogen and oxygen atoms in total. The zero-order chi connectivity index (χ0) is 31.0. The molecule has 3 aromatic carbocycles. The van der Waals surface area contributed by atoms with E-state index in [0.717, 1.165) is 33.7 Å². The van der Waals surface area contributed by atoms with Crippen LogP contribution in [-0.4, -0.2) is 31.4 Å². The number of halogens is 8. The average molecular weight is 625 g/mol. The van der Waals surface area contributed by atoms with Crippen molar-refractivity contribution in [2.45, 2.75) is 25.2 Å². The minimum absolute atomic E-state index is 0.0309. The lowest BCUT2D eigenvalue weighted by molar-refractivity contribution is -0.136. The van der Waals surface area contributed by atoms with Crippen LogP contribution in [0.25, 0.3) is 21.9 Å².